The van der Waals surface area contributed by atoms with Crippen molar-refractivity contribution in [2.75, 3.05) is 0 Å². The standard InChI is InChI=1S/C15H11BrF2N2S/c1-8(9-3-2-4-10(17)5-9)20-14-7-12(18)11(16)6-13(14)19-15(20)21/h2-8H,1H3,(H,19,21). The van der Waals surface area contributed by atoms with Crippen LogP contribution >= 0.6 is 28.1 Å². The molecule has 0 bridgehead atoms. The molecule has 0 aliphatic rings. The molecule has 0 aliphatic heterocycles. The van der Waals surface area contributed by atoms with E-state index in [9.17, 15) is 8.78 Å². The average molecular weight is 369 g/mol. The summed E-state index contributed by atoms with van der Waals surface area (Å²) in [5.41, 5.74) is 2.16. The molecule has 0 aliphatic carbocycles. The van der Waals surface area contributed by atoms with Gasteiger partial charge >= 0.3 is 0 Å². The highest BCUT2D eigenvalue weighted by atomic mass is 79.9. The number of halogens is 3. The van der Waals surface area contributed by atoms with Crippen LogP contribution in [0.2, 0.25) is 0 Å². The first-order valence-corrected chi connectivity index (χ1v) is 7.52. The Hall–Kier alpha value is -1.53. The predicted octanol–water partition coefficient (Wildman–Crippen LogP) is 5.35. The largest absolute Gasteiger partial charge is 0.331 e. The number of nitrogens with zero attached hydrogens (tertiary/aromatic N) is 1. The van der Waals surface area contributed by atoms with E-state index in [0.717, 1.165) is 11.1 Å². The monoisotopic (exact) mass is 368 g/mol. The molecular weight excluding hydrogens is 358 g/mol. The van der Waals surface area contributed by atoms with Crippen LogP contribution in [0.3, 0.4) is 0 Å². The van der Waals surface area contributed by atoms with Gasteiger partial charge < -0.3 is 9.55 Å². The SMILES string of the molecule is CC(c1cccc(F)c1)n1c(=S)[nH]c2cc(Br)c(F)cc21. The summed E-state index contributed by atoms with van der Waals surface area (Å²) in [4.78, 5) is 3.05. The fraction of sp³-hybridized carbons (Fsp3) is 0.133. The second-order valence-corrected chi connectivity index (χ2v) is 6.06. The van der Waals surface area contributed by atoms with Gasteiger partial charge in [-0.15, -0.1) is 0 Å². The molecule has 0 radical (unpaired) electrons. The van der Waals surface area contributed by atoms with Crippen molar-refractivity contribution in [2.24, 2.45) is 0 Å². The zero-order valence-electron chi connectivity index (χ0n) is 11.0. The van der Waals surface area contributed by atoms with E-state index in [1.54, 1.807) is 16.7 Å². The third kappa shape index (κ3) is 2.53. The van der Waals surface area contributed by atoms with Gasteiger partial charge in [-0.2, -0.15) is 0 Å². The lowest BCUT2D eigenvalue weighted by Gasteiger charge is -2.15. The Labute approximate surface area is 133 Å². The molecule has 21 heavy (non-hydrogen) atoms. The minimum Gasteiger partial charge on any atom is -0.331 e. The molecule has 1 heterocycles. The van der Waals surface area contributed by atoms with Gasteiger partial charge in [0.1, 0.15) is 11.6 Å². The van der Waals surface area contributed by atoms with Crippen molar-refractivity contribution < 1.29 is 8.78 Å². The zero-order chi connectivity index (χ0) is 15.1. The van der Waals surface area contributed by atoms with Crippen LogP contribution in [0.4, 0.5) is 8.78 Å². The molecule has 1 atom stereocenters. The topological polar surface area (TPSA) is 20.7 Å². The van der Waals surface area contributed by atoms with Gasteiger partial charge in [0.15, 0.2) is 4.77 Å². The number of H-pyrrole nitrogens is 1. The highest BCUT2D eigenvalue weighted by molar-refractivity contribution is 9.10. The summed E-state index contributed by atoms with van der Waals surface area (Å²) < 4.78 is 29.8. The summed E-state index contributed by atoms with van der Waals surface area (Å²) in [6.45, 7) is 1.90. The maximum absolute atomic E-state index is 13.8. The summed E-state index contributed by atoms with van der Waals surface area (Å²) >= 11 is 8.48. The number of hydrogen-bond acceptors (Lipinski definition) is 1. The van der Waals surface area contributed by atoms with Gasteiger partial charge in [-0.3, -0.25) is 0 Å². The molecule has 1 aromatic heterocycles. The van der Waals surface area contributed by atoms with Crippen molar-refractivity contribution in [3.05, 3.63) is 62.8 Å². The third-order valence-electron chi connectivity index (χ3n) is 3.48. The molecule has 6 heteroatoms. The van der Waals surface area contributed by atoms with Crippen LogP contribution in [0, 0.1) is 16.4 Å². The molecule has 0 saturated heterocycles. The second kappa shape index (κ2) is 5.35. The molecular formula is C15H11BrF2N2S. The van der Waals surface area contributed by atoms with E-state index in [0.29, 0.717) is 14.8 Å². The van der Waals surface area contributed by atoms with Crippen LogP contribution in [0.25, 0.3) is 11.0 Å². The molecule has 3 aromatic rings. The van der Waals surface area contributed by atoms with E-state index >= 15 is 0 Å². The van der Waals surface area contributed by atoms with Crippen LogP contribution in [-0.2, 0) is 0 Å². The van der Waals surface area contributed by atoms with Crippen molar-refractivity contribution in [1.29, 1.82) is 0 Å². The molecule has 0 spiro atoms. The van der Waals surface area contributed by atoms with Gasteiger partial charge in [-0.1, -0.05) is 12.1 Å². The minimum atomic E-state index is -0.364. The fourth-order valence-corrected chi connectivity index (χ4v) is 3.13. The maximum atomic E-state index is 13.8. The molecule has 0 amide bonds. The number of benzene rings is 2. The van der Waals surface area contributed by atoms with Gasteiger partial charge in [-0.05, 0) is 58.8 Å². The van der Waals surface area contributed by atoms with Gasteiger partial charge in [0.05, 0.1) is 21.5 Å². The number of rotatable bonds is 2. The molecule has 108 valence electrons. The van der Waals surface area contributed by atoms with E-state index in [4.69, 9.17) is 12.2 Å². The Morgan fingerprint density at radius 2 is 2.00 bits per heavy atom. The summed E-state index contributed by atoms with van der Waals surface area (Å²) in [5, 5.41) is 0. The van der Waals surface area contributed by atoms with Crippen molar-refractivity contribution in [1.82, 2.24) is 9.55 Å². The van der Waals surface area contributed by atoms with Crippen LogP contribution in [0.15, 0.2) is 40.9 Å². The molecule has 3 rings (SSSR count). The zero-order valence-corrected chi connectivity index (χ0v) is 13.4. The number of aromatic nitrogens is 2. The van der Waals surface area contributed by atoms with Crippen LogP contribution in [0.1, 0.15) is 18.5 Å². The maximum Gasteiger partial charge on any atom is 0.178 e. The van der Waals surface area contributed by atoms with Crippen LogP contribution < -0.4 is 0 Å². The number of fused-ring (bicyclic) bond motifs is 1. The van der Waals surface area contributed by atoms with Gasteiger partial charge in [-0.25, -0.2) is 8.78 Å². The van der Waals surface area contributed by atoms with E-state index < -0.39 is 0 Å². The highest BCUT2D eigenvalue weighted by Crippen LogP contribution is 2.28. The lowest BCUT2D eigenvalue weighted by molar-refractivity contribution is 0.604. The van der Waals surface area contributed by atoms with E-state index in [-0.39, 0.29) is 17.7 Å². The van der Waals surface area contributed by atoms with Crippen molar-refractivity contribution >= 4 is 39.2 Å². The molecule has 2 nitrogen and oxygen atoms in total. The lowest BCUT2D eigenvalue weighted by Crippen LogP contribution is -2.07. The Morgan fingerprint density at radius 1 is 1.24 bits per heavy atom. The summed E-state index contributed by atoms with van der Waals surface area (Å²) in [6.07, 6.45) is 0. The van der Waals surface area contributed by atoms with Gasteiger partial charge in [0.25, 0.3) is 0 Å². The Kier molecular flexibility index (Phi) is 3.67. The first kappa shape index (κ1) is 14.4. The molecule has 0 saturated carbocycles. The van der Waals surface area contributed by atoms with Crippen molar-refractivity contribution in [3.8, 4) is 0 Å². The smallest absolute Gasteiger partial charge is 0.178 e. The Morgan fingerprint density at radius 3 is 2.71 bits per heavy atom. The summed E-state index contributed by atoms with van der Waals surface area (Å²) in [7, 11) is 0. The van der Waals surface area contributed by atoms with Crippen LogP contribution in [-0.4, -0.2) is 9.55 Å². The Balaban J connectivity index is 2.22. The predicted molar refractivity (Wildman–Crippen MR) is 85.0 cm³/mol. The number of aromatic amines is 1. The summed E-state index contributed by atoms with van der Waals surface area (Å²) in [6, 6.07) is 9.18. The molecule has 1 unspecified atom stereocenters. The van der Waals surface area contributed by atoms with Gasteiger partial charge in [0.2, 0.25) is 0 Å². The van der Waals surface area contributed by atoms with E-state index in [2.05, 4.69) is 20.9 Å². The lowest BCUT2D eigenvalue weighted by atomic mass is 10.1. The van der Waals surface area contributed by atoms with E-state index in [1.807, 2.05) is 13.0 Å². The van der Waals surface area contributed by atoms with Crippen molar-refractivity contribution in [3.63, 3.8) is 0 Å². The Bertz CT molecular complexity index is 885. The van der Waals surface area contributed by atoms with Crippen LogP contribution in [0.5, 0.6) is 0 Å². The molecule has 1 N–H and O–H groups in total. The average Bonchev–Trinajstić information content (AvgIpc) is 2.74. The summed E-state index contributed by atoms with van der Waals surface area (Å²) in [5.74, 6) is -0.670. The molecule has 2 aromatic carbocycles. The normalized spacial score (nSPS) is 12.8. The number of hydrogen-bond donors (Lipinski definition) is 1. The van der Waals surface area contributed by atoms with Gasteiger partial charge in [0, 0.05) is 6.07 Å². The fourth-order valence-electron chi connectivity index (χ4n) is 2.42. The first-order chi connectivity index (χ1) is 9.97. The van der Waals surface area contributed by atoms with Crippen molar-refractivity contribution in [2.45, 2.75) is 13.0 Å². The number of nitrogens with one attached hydrogen (secondary N) is 1. The number of imidazole rings is 1. The quantitative estimate of drug-likeness (QED) is 0.604. The molecule has 0 fully saturated rings. The first-order valence-electron chi connectivity index (χ1n) is 6.32. The third-order valence-corrected chi connectivity index (χ3v) is 4.38. The van der Waals surface area contributed by atoms with E-state index in [1.165, 1.54) is 18.2 Å². The minimum absolute atomic E-state index is 0.206. The highest BCUT2D eigenvalue weighted by Gasteiger charge is 2.15. The second-order valence-electron chi connectivity index (χ2n) is 4.81.